The number of carbonyl (C=O) groups excluding carboxylic acids is 3. The monoisotopic (exact) mass is 455 g/mol. The van der Waals surface area contributed by atoms with Crippen LogP contribution in [0.1, 0.15) is 6.92 Å². The van der Waals surface area contributed by atoms with Gasteiger partial charge in [0.15, 0.2) is 12.3 Å². The molecular formula is C23H29N5O5. The highest BCUT2D eigenvalue weighted by Gasteiger charge is 2.44. The molecule has 1 heterocycles. The summed E-state index contributed by atoms with van der Waals surface area (Å²) in [6.07, 6.45) is -1.97. The molecule has 2 aromatic carbocycles. The average Bonchev–Trinajstić information content (AvgIpc) is 3.28. The lowest BCUT2D eigenvalue weighted by Gasteiger charge is -2.30. The summed E-state index contributed by atoms with van der Waals surface area (Å²) in [6, 6.07) is 15.2. The summed E-state index contributed by atoms with van der Waals surface area (Å²) in [4.78, 5) is 41.7. The number of urea groups is 1. The molecule has 0 aliphatic carbocycles. The maximum atomic E-state index is 13.2. The number of amides is 4. The molecule has 10 nitrogen and oxygen atoms in total. The zero-order valence-corrected chi connectivity index (χ0v) is 18.7. The van der Waals surface area contributed by atoms with E-state index in [1.165, 1.54) is 9.80 Å². The van der Waals surface area contributed by atoms with Crippen LogP contribution in [0.5, 0.6) is 11.5 Å². The first-order chi connectivity index (χ1) is 15.9. The van der Waals surface area contributed by atoms with Gasteiger partial charge in [-0.3, -0.25) is 14.5 Å². The minimum atomic E-state index is -1.12. The summed E-state index contributed by atoms with van der Waals surface area (Å²) in [5, 5.41) is 5.44. The number of benzene rings is 2. The van der Waals surface area contributed by atoms with Crippen LogP contribution < -0.4 is 25.8 Å². The standard InChI is InChI=1S/C23H29N5O5/c1-16(33-19-6-4-3-5-7-19)22(30)27-14-15-28(21(27)20(29)25-13-12-24)23(31)26-17-8-10-18(32-2)11-9-17/h3-11,16,21H,12-15,24H2,1-2H3,(H,25,29)(H,26,31). The molecule has 176 valence electrons. The van der Waals surface area contributed by atoms with Gasteiger partial charge in [-0.1, -0.05) is 18.2 Å². The normalized spacial score (nSPS) is 16.2. The summed E-state index contributed by atoms with van der Waals surface area (Å²) in [5.74, 6) is 0.308. The molecule has 2 atom stereocenters. The van der Waals surface area contributed by atoms with Crippen LogP contribution in [0.3, 0.4) is 0 Å². The first-order valence-corrected chi connectivity index (χ1v) is 10.7. The Balaban J connectivity index is 1.75. The van der Waals surface area contributed by atoms with Crippen LogP contribution in [0.15, 0.2) is 54.6 Å². The Hall–Kier alpha value is -3.79. The quantitative estimate of drug-likeness (QED) is 0.550. The van der Waals surface area contributed by atoms with E-state index in [1.807, 2.05) is 6.07 Å². The van der Waals surface area contributed by atoms with Gasteiger partial charge in [0.2, 0.25) is 0 Å². The molecule has 33 heavy (non-hydrogen) atoms. The van der Waals surface area contributed by atoms with Crippen molar-refractivity contribution >= 4 is 23.5 Å². The fraction of sp³-hybridized carbons (Fsp3) is 0.348. The predicted molar refractivity (Wildman–Crippen MR) is 123 cm³/mol. The van der Waals surface area contributed by atoms with E-state index in [0.29, 0.717) is 17.2 Å². The number of nitrogens with one attached hydrogen (secondary N) is 2. The Morgan fingerprint density at radius 3 is 2.33 bits per heavy atom. The number of para-hydroxylation sites is 1. The third-order valence-electron chi connectivity index (χ3n) is 5.14. The number of hydrogen-bond acceptors (Lipinski definition) is 6. The predicted octanol–water partition coefficient (Wildman–Crippen LogP) is 1.24. The highest BCUT2D eigenvalue weighted by molar-refractivity contribution is 5.96. The van der Waals surface area contributed by atoms with Gasteiger partial charge in [0.25, 0.3) is 11.8 Å². The van der Waals surface area contributed by atoms with Crippen molar-refractivity contribution in [1.82, 2.24) is 15.1 Å². The number of ether oxygens (including phenoxy) is 2. The molecule has 4 N–H and O–H groups in total. The van der Waals surface area contributed by atoms with E-state index in [0.717, 1.165) is 0 Å². The largest absolute Gasteiger partial charge is 0.497 e. The number of hydrogen-bond donors (Lipinski definition) is 3. The zero-order valence-electron chi connectivity index (χ0n) is 18.7. The SMILES string of the molecule is COc1ccc(NC(=O)N2CCN(C(=O)C(C)Oc3ccccc3)C2C(=O)NCCN)cc1. The molecule has 2 aromatic rings. The molecule has 1 fully saturated rings. The van der Waals surface area contributed by atoms with Crippen molar-refractivity contribution in [2.24, 2.45) is 5.73 Å². The summed E-state index contributed by atoms with van der Waals surface area (Å²) in [6.45, 7) is 2.45. The molecule has 1 aliphatic heterocycles. The van der Waals surface area contributed by atoms with Crippen molar-refractivity contribution in [3.8, 4) is 11.5 Å². The molecule has 0 bridgehead atoms. The lowest BCUT2D eigenvalue weighted by atomic mass is 10.3. The first-order valence-electron chi connectivity index (χ1n) is 10.7. The van der Waals surface area contributed by atoms with Crippen molar-refractivity contribution in [1.29, 1.82) is 0 Å². The van der Waals surface area contributed by atoms with E-state index in [-0.39, 0.29) is 26.2 Å². The molecule has 10 heteroatoms. The first kappa shape index (κ1) is 23.9. The van der Waals surface area contributed by atoms with Crippen molar-refractivity contribution in [3.63, 3.8) is 0 Å². The maximum Gasteiger partial charge on any atom is 0.323 e. The van der Waals surface area contributed by atoms with Crippen molar-refractivity contribution < 1.29 is 23.9 Å². The highest BCUT2D eigenvalue weighted by Crippen LogP contribution is 2.21. The fourth-order valence-electron chi connectivity index (χ4n) is 3.50. The molecule has 0 radical (unpaired) electrons. The van der Waals surface area contributed by atoms with Gasteiger partial charge in [-0.05, 0) is 43.3 Å². The van der Waals surface area contributed by atoms with Crippen molar-refractivity contribution in [2.45, 2.75) is 19.2 Å². The van der Waals surface area contributed by atoms with Crippen molar-refractivity contribution in [3.05, 3.63) is 54.6 Å². The summed E-state index contributed by atoms with van der Waals surface area (Å²) in [7, 11) is 1.55. The van der Waals surface area contributed by atoms with Gasteiger partial charge < -0.3 is 30.7 Å². The molecule has 4 amide bonds. The van der Waals surface area contributed by atoms with Gasteiger partial charge in [-0.2, -0.15) is 0 Å². The molecular weight excluding hydrogens is 426 g/mol. The lowest BCUT2D eigenvalue weighted by Crippen LogP contribution is -2.56. The Kier molecular flexibility index (Phi) is 8.09. The minimum absolute atomic E-state index is 0.187. The third-order valence-corrected chi connectivity index (χ3v) is 5.14. The van der Waals surface area contributed by atoms with Crippen molar-refractivity contribution in [2.75, 3.05) is 38.6 Å². The molecule has 2 unspecified atom stereocenters. The van der Waals surface area contributed by atoms with Gasteiger partial charge in [0, 0.05) is 31.9 Å². The van der Waals surface area contributed by atoms with Gasteiger partial charge >= 0.3 is 6.03 Å². The van der Waals surface area contributed by atoms with Gasteiger partial charge in [-0.15, -0.1) is 0 Å². The van der Waals surface area contributed by atoms with Crippen LogP contribution in [0.4, 0.5) is 10.5 Å². The van der Waals surface area contributed by atoms with Crippen LogP contribution >= 0.6 is 0 Å². The highest BCUT2D eigenvalue weighted by atomic mass is 16.5. The van der Waals surface area contributed by atoms with E-state index in [2.05, 4.69) is 10.6 Å². The maximum absolute atomic E-state index is 13.2. The number of rotatable bonds is 8. The summed E-state index contributed by atoms with van der Waals surface area (Å²) >= 11 is 0. The number of carbonyl (C=O) groups is 3. The lowest BCUT2D eigenvalue weighted by molar-refractivity contribution is -0.145. The van der Waals surface area contributed by atoms with E-state index in [4.69, 9.17) is 15.2 Å². The third kappa shape index (κ3) is 5.92. The molecule has 1 saturated heterocycles. The summed E-state index contributed by atoms with van der Waals surface area (Å²) < 4.78 is 10.9. The minimum Gasteiger partial charge on any atom is -0.497 e. The second kappa shape index (κ2) is 11.2. The Morgan fingerprint density at radius 1 is 1.03 bits per heavy atom. The van der Waals surface area contributed by atoms with Crippen LogP contribution in [-0.4, -0.2) is 73.2 Å². The number of anilines is 1. The number of methoxy groups -OCH3 is 1. The Bertz CT molecular complexity index is 953. The molecule has 3 rings (SSSR count). The van der Waals surface area contributed by atoms with Gasteiger partial charge in [0.05, 0.1) is 7.11 Å². The number of nitrogens with zero attached hydrogens (tertiary/aromatic N) is 2. The molecule has 0 aromatic heterocycles. The Morgan fingerprint density at radius 2 is 1.70 bits per heavy atom. The fourth-order valence-corrected chi connectivity index (χ4v) is 3.50. The van der Waals surface area contributed by atoms with Gasteiger partial charge in [0.1, 0.15) is 11.5 Å². The van der Waals surface area contributed by atoms with Crippen LogP contribution in [0.25, 0.3) is 0 Å². The number of nitrogens with two attached hydrogens (primary N) is 1. The van der Waals surface area contributed by atoms with E-state index in [1.54, 1.807) is 62.6 Å². The smallest absolute Gasteiger partial charge is 0.323 e. The zero-order chi connectivity index (χ0) is 23.8. The van der Waals surface area contributed by atoms with Gasteiger partial charge in [-0.25, -0.2) is 4.79 Å². The second-order valence-corrected chi connectivity index (χ2v) is 7.41. The van der Waals surface area contributed by atoms with Crippen LogP contribution in [0, 0.1) is 0 Å². The Labute approximate surface area is 192 Å². The van der Waals surface area contributed by atoms with Crippen LogP contribution in [-0.2, 0) is 9.59 Å². The molecule has 1 aliphatic rings. The molecule has 0 saturated carbocycles. The topological polar surface area (TPSA) is 126 Å². The van der Waals surface area contributed by atoms with E-state index in [9.17, 15) is 14.4 Å². The average molecular weight is 456 g/mol. The second-order valence-electron chi connectivity index (χ2n) is 7.41. The van der Waals surface area contributed by atoms with Crippen LogP contribution in [0.2, 0.25) is 0 Å². The molecule has 0 spiro atoms. The van der Waals surface area contributed by atoms with E-state index < -0.39 is 30.1 Å². The summed E-state index contributed by atoms with van der Waals surface area (Å²) in [5.41, 5.74) is 6.04. The van der Waals surface area contributed by atoms with E-state index >= 15 is 0 Å².